The molecule has 0 spiro atoms. The smallest absolute Gasteiger partial charge is 0.349 e. The van der Waals surface area contributed by atoms with Crippen LogP contribution in [0.25, 0.3) is 5.82 Å². The molecule has 1 aliphatic rings. The zero-order valence-electron chi connectivity index (χ0n) is 14.6. The molecule has 1 saturated carbocycles. The van der Waals surface area contributed by atoms with E-state index in [2.05, 4.69) is 20.6 Å². The standard InChI is InChI=1S/C17H20F3N5O2/c18-17(19,20)15-12(10-21-25(15)13-8-9-14(26)24-23-13)16(27)22-11-6-4-2-1-3-5-7-11/h8-11H,1-7H2,(H,22,27)(H,24,26). The zero-order valence-corrected chi connectivity index (χ0v) is 14.6. The molecule has 1 aliphatic carbocycles. The van der Waals surface area contributed by atoms with Crippen LogP contribution in [0.15, 0.2) is 23.1 Å². The van der Waals surface area contributed by atoms with Crippen LogP contribution in [0.3, 0.4) is 0 Å². The molecule has 1 amide bonds. The Bertz CT molecular complexity index is 830. The molecule has 0 radical (unpaired) electrons. The second-order valence-electron chi connectivity index (χ2n) is 6.61. The third kappa shape index (κ3) is 4.55. The monoisotopic (exact) mass is 383 g/mol. The van der Waals surface area contributed by atoms with Crippen molar-refractivity contribution in [3.8, 4) is 5.82 Å². The van der Waals surface area contributed by atoms with Gasteiger partial charge in [0, 0.05) is 12.1 Å². The second-order valence-corrected chi connectivity index (χ2v) is 6.61. The number of nitrogens with one attached hydrogen (secondary N) is 2. The molecular formula is C17H20F3N5O2. The van der Waals surface area contributed by atoms with Crippen LogP contribution in [-0.4, -0.2) is 31.9 Å². The van der Waals surface area contributed by atoms with Crippen molar-refractivity contribution < 1.29 is 18.0 Å². The predicted octanol–water partition coefficient (Wildman–Crippen LogP) is 2.82. The van der Waals surface area contributed by atoms with Crippen molar-refractivity contribution in [2.45, 2.75) is 57.2 Å². The zero-order chi connectivity index (χ0) is 19.4. The van der Waals surface area contributed by atoms with Gasteiger partial charge < -0.3 is 5.32 Å². The van der Waals surface area contributed by atoms with E-state index in [9.17, 15) is 22.8 Å². The average Bonchev–Trinajstić information content (AvgIpc) is 3.03. The number of hydrogen-bond donors (Lipinski definition) is 2. The second kappa shape index (κ2) is 7.93. The predicted molar refractivity (Wildman–Crippen MR) is 90.6 cm³/mol. The summed E-state index contributed by atoms with van der Waals surface area (Å²) in [7, 11) is 0. The number of amides is 1. The molecule has 0 saturated heterocycles. The summed E-state index contributed by atoms with van der Waals surface area (Å²) in [6.45, 7) is 0. The van der Waals surface area contributed by atoms with Crippen LogP contribution in [0.5, 0.6) is 0 Å². The third-order valence-corrected chi connectivity index (χ3v) is 4.60. The van der Waals surface area contributed by atoms with E-state index in [4.69, 9.17) is 0 Å². The lowest BCUT2D eigenvalue weighted by atomic mass is 9.96. The van der Waals surface area contributed by atoms with Crippen molar-refractivity contribution >= 4 is 5.91 Å². The van der Waals surface area contributed by atoms with Crippen LogP contribution >= 0.6 is 0 Å². The molecule has 146 valence electrons. The summed E-state index contributed by atoms with van der Waals surface area (Å²) in [4.78, 5) is 23.6. The van der Waals surface area contributed by atoms with Gasteiger partial charge in [-0.3, -0.25) is 9.59 Å². The van der Waals surface area contributed by atoms with Crippen LogP contribution in [0, 0.1) is 0 Å². The molecule has 10 heteroatoms. The summed E-state index contributed by atoms with van der Waals surface area (Å²) in [5.41, 5.74) is -2.33. The Labute approximate surface area is 153 Å². The van der Waals surface area contributed by atoms with Gasteiger partial charge in [0.05, 0.1) is 11.8 Å². The molecule has 2 N–H and O–H groups in total. The number of carbonyl (C=O) groups is 1. The van der Waals surface area contributed by atoms with Crippen molar-refractivity contribution in [1.82, 2.24) is 25.3 Å². The lowest BCUT2D eigenvalue weighted by molar-refractivity contribution is -0.143. The summed E-state index contributed by atoms with van der Waals surface area (Å²) in [6, 6.07) is 2.00. The highest BCUT2D eigenvalue weighted by molar-refractivity contribution is 5.95. The van der Waals surface area contributed by atoms with Gasteiger partial charge in [-0.1, -0.05) is 32.1 Å². The first-order valence-electron chi connectivity index (χ1n) is 8.88. The van der Waals surface area contributed by atoms with Crippen molar-refractivity contribution in [3.05, 3.63) is 39.9 Å². The molecule has 1 fully saturated rings. The fraction of sp³-hybridized carbons (Fsp3) is 0.529. The van der Waals surface area contributed by atoms with Gasteiger partial charge in [0.25, 0.3) is 11.5 Å². The van der Waals surface area contributed by atoms with E-state index < -0.39 is 28.9 Å². The van der Waals surface area contributed by atoms with Crippen LogP contribution in [0.4, 0.5) is 13.2 Å². The van der Waals surface area contributed by atoms with Crippen LogP contribution in [0.1, 0.15) is 61.0 Å². The number of hydrogen-bond acceptors (Lipinski definition) is 4. The highest BCUT2D eigenvalue weighted by Gasteiger charge is 2.41. The highest BCUT2D eigenvalue weighted by Crippen LogP contribution is 2.33. The number of halogens is 3. The molecule has 0 unspecified atom stereocenters. The number of alkyl halides is 3. The minimum absolute atomic E-state index is 0.145. The highest BCUT2D eigenvalue weighted by atomic mass is 19.4. The number of aromatic amines is 1. The van der Waals surface area contributed by atoms with Gasteiger partial charge in [-0.05, 0) is 18.9 Å². The Hall–Kier alpha value is -2.65. The van der Waals surface area contributed by atoms with Crippen molar-refractivity contribution in [1.29, 1.82) is 0 Å². The minimum Gasteiger partial charge on any atom is -0.349 e. The topological polar surface area (TPSA) is 92.7 Å². The Balaban J connectivity index is 1.89. The van der Waals surface area contributed by atoms with E-state index in [0.29, 0.717) is 4.68 Å². The summed E-state index contributed by atoms with van der Waals surface area (Å²) in [5.74, 6) is -1.03. The number of carbonyl (C=O) groups excluding carboxylic acids is 1. The molecule has 3 rings (SSSR count). The SMILES string of the molecule is O=C(NC1CCCCCCC1)c1cnn(-c2ccc(=O)[nH]n2)c1C(F)(F)F. The normalized spacial score (nSPS) is 16.6. The molecule has 2 aromatic rings. The Morgan fingerprint density at radius 1 is 1.15 bits per heavy atom. The van der Waals surface area contributed by atoms with Crippen LogP contribution in [-0.2, 0) is 6.18 Å². The average molecular weight is 383 g/mol. The first-order valence-corrected chi connectivity index (χ1v) is 8.88. The van der Waals surface area contributed by atoms with Crippen molar-refractivity contribution in [3.63, 3.8) is 0 Å². The number of aromatic nitrogens is 4. The maximum Gasteiger partial charge on any atom is 0.434 e. The van der Waals surface area contributed by atoms with Crippen molar-refractivity contribution in [2.24, 2.45) is 0 Å². The van der Waals surface area contributed by atoms with E-state index in [1.807, 2.05) is 0 Å². The summed E-state index contributed by atoms with van der Waals surface area (Å²) < 4.78 is 41.4. The van der Waals surface area contributed by atoms with Gasteiger partial charge in [-0.25, -0.2) is 9.78 Å². The van der Waals surface area contributed by atoms with Gasteiger partial charge in [0.15, 0.2) is 11.5 Å². The lowest BCUT2D eigenvalue weighted by Gasteiger charge is -2.21. The first-order chi connectivity index (χ1) is 12.9. The van der Waals surface area contributed by atoms with Gasteiger partial charge in [-0.15, -0.1) is 0 Å². The number of rotatable bonds is 3. The Morgan fingerprint density at radius 2 is 1.81 bits per heavy atom. The Morgan fingerprint density at radius 3 is 2.41 bits per heavy atom. The lowest BCUT2D eigenvalue weighted by Crippen LogP contribution is -2.36. The molecule has 0 aliphatic heterocycles. The first kappa shape index (κ1) is 19.1. The van der Waals surface area contributed by atoms with Gasteiger partial charge >= 0.3 is 6.18 Å². The summed E-state index contributed by atoms with van der Waals surface area (Å²) in [6.07, 6.45) is 2.74. The van der Waals surface area contributed by atoms with Crippen LogP contribution in [0.2, 0.25) is 0 Å². The maximum atomic E-state index is 13.6. The minimum atomic E-state index is -4.82. The molecule has 2 heterocycles. The van der Waals surface area contributed by atoms with Crippen LogP contribution < -0.4 is 10.9 Å². The fourth-order valence-corrected chi connectivity index (χ4v) is 3.28. The molecule has 0 bridgehead atoms. The van der Waals surface area contributed by atoms with Gasteiger partial charge in [-0.2, -0.15) is 23.4 Å². The van der Waals surface area contributed by atoms with Gasteiger partial charge in [0.2, 0.25) is 0 Å². The quantitative estimate of drug-likeness (QED) is 0.852. The van der Waals surface area contributed by atoms with E-state index in [1.54, 1.807) is 0 Å². The Kier molecular flexibility index (Phi) is 5.62. The van der Waals surface area contributed by atoms with E-state index in [1.165, 1.54) is 0 Å². The fourth-order valence-electron chi connectivity index (χ4n) is 3.28. The summed E-state index contributed by atoms with van der Waals surface area (Å²) >= 11 is 0. The molecule has 7 nitrogen and oxygen atoms in total. The largest absolute Gasteiger partial charge is 0.434 e. The number of nitrogens with zero attached hydrogens (tertiary/aromatic N) is 3. The molecular weight excluding hydrogens is 363 g/mol. The maximum absolute atomic E-state index is 13.6. The van der Waals surface area contributed by atoms with Gasteiger partial charge in [0.1, 0.15) is 0 Å². The van der Waals surface area contributed by atoms with E-state index in [0.717, 1.165) is 63.3 Å². The molecule has 0 atom stereocenters. The number of H-pyrrole nitrogens is 1. The van der Waals surface area contributed by atoms with Crippen molar-refractivity contribution in [2.75, 3.05) is 0 Å². The molecule has 0 aromatic carbocycles. The van der Waals surface area contributed by atoms with E-state index >= 15 is 0 Å². The third-order valence-electron chi connectivity index (χ3n) is 4.60. The molecule has 2 aromatic heterocycles. The molecule has 27 heavy (non-hydrogen) atoms. The van der Waals surface area contributed by atoms with E-state index in [-0.39, 0.29) is 11.9 Å². The summed E-state index contributed by atoms with van der Waals surface area (Å²) in [5, 5.41) is 12.0.